The van der Waals surface area contributed by atoms with E-state index in [-0.39, 0.29) is 17.3 Å². The van der Waals surface area contributed by atoms with Crippen LogP contribution in [0.25, 0.3) is 22.3 Å². The number of nitro groups is 1. The maximum atomic E-state index is 12.5. The Morgan fingerprint density at radius 2 is 2.09 bits per heavy atom. The minimum Gasteiger partial charge on any atom is -0.360 e. The normalized spacial score (nSPS) is 13.4. The number of aromatic nitrogens is 4. The fourth-order valence-electron chi connectivity index (χ4n) is 3.70. The summed E-state index contributed by atoms with van der Waals surface area (Å²) in [5, 5.41) is 24.3. The van der Waals surface area contributed by atoms with E-state index in [2.05, 4.69) is 31.1 Å². The molecule has 0 spiro atoms. The Balaban J connectivity index is 1.33. The maximum absolute atomic E-state index is 12.5. The molecule has 9 nitrogen and oxygen atoms in total. The lowest BCUT2D eigenvalue weighted by atomic mass is 10.1. The molecule has 32 heavy (non-hydrogen) atoms. The fourth-order valence-corrected chi connectivity index (χ4v) is 4.50. The second kappa shape index (κ2) is 8.12. The Morgan fingerprint density at radius 1 is 1.28 bits per heavy atom. The molecular weight excluding hydrogens is 428 g/mol. The Bertz CT molecular complexity index is 1340. The number of hydrogen-bond acceptors (Lipinski definition) is 6. The van der Waals surface area contributed by atoms with E-state index in [0.29, 0.717) is 22.4 Å². The van der Waals surface area contributed by atoms with Crippen molar-refractivity contribution in [3.05, 3.63) is 64.3 Å². The van der Waals surface area contributed by atoms with E-state index >= 15 is 0 Å². The summed E-state index contributed by atoms with van der Waals surface area (Å²) in [7, 11) is 0. The van der Waals surface area contributed by atoms with Gasteiger partial charge in [0, 0.05) is 46.5 Å². The Hall–Kier alpha value is -3.66. The molecule has 10 heteroatoms. The number of H-pyrrole nitrogens is 1. The molecule has 0 unspecified atom stereocenters. The first kappa shape index (κ1) is 20.3. The Morgan fingerprint density at radius 3 is 2.84 bits per heavy atom. The molecule has 0 saturated heterocycles. The average Bonchev–Trinajstić information content (AvgIpc) is 3.39. The first-order valence-electron chi connectivity index (χ1n) is 10.2. The molecule has 5 rings (SSSR count). The third-order valence-electron chi connectivity index (χ3n) is 5.43. The summed E-state index contributed by atoms with van der Waals surface area (Å²) in [5.41, 5.74) is 3.24. The zero-order valence-electron chi connectivity index (χ0n) is 17.2. The number of aromatic amines is 1. The number of nitrogens with zero attached hydrogens (tertiary/aromatic N) is 4. The van der Waals surface area contributed by atoms with Crippen molar-refractivity contribution in [1.29, 1.82) is 0 Å². The van der Waals surface area contributed by atoms with Crippen LogP contribution in [0, 0.1) is 17.0 Å². The van der Waals surface area contributed by atoms with Gasteiger partial charge in [-0.25, -0.2) is 0 Å². The molecule has 2 N–H and O–H groups in total. The molecule has 1 aliphatic carbocycles. The third kappa shape index (κ3) is 3.84. The smallest absolute Gasteiger partial charge is 0.269 e. The number of hydrogen-bond donors (Lipinski definition) is 2. The summed E-state index contributed by atoms with van der Waals surface area (Å²) in [6.45, 7) is 1.73. The summed E-state index contributed by atoms with van der Waals surface area (Å²) in [6.07, 6.45) is 4.08. The van der Waals surface area contributed by atoms with Crippen LogP contribution in [-0.4, -0.2) is 36.3 Å². The highest BCUT2D eigenvalue weighted by atomic mass is 32.2. The number of fused-ring (bicyclic) bond motifs is 1. The second-order valence-electron chi connectivity index (χ2n) is 7.75. The van der Waals surface area contributed by atoms with Gasteiger partial charge in [0.05, 0.1) is 10.7 Å². The highest BCUT2D eigenvalue weighted by Crippen LogP contribution is 2.42. The van der Waals surface area contributed by atoms with E-state index in [4.69, 9.17) is 0 Å². The minimum atomic E-state index is -0.454. The van der Waals surface area contributed by atoms with Gasteiger partial charge < -0.3 is 10.3 Å². The van der Waals surface area contributed by atoms with Gasteiger partial charge in [0.1, 0.15) is 0 Å². The first-order valence-corrected chi connectivity index (χ1v) is 11.2. The van der Waals surface area contributed by atoms with Crippen molar-refractivity contribution in [1.82, 2.24) is 19.7 Å². The van der Waals surface area contributed by atoms with Gasteiger partial charge in [-0.1, -0.05) is 30.0 Å². The van der Waals surface area contributed by atoms with E-state index < -0.39 is 4.92 Å². The van der Waals surface area contributed by atoms with Crippen molar-refractivity contribution >= 4 is 39.9 Å². The molecule has 1 amide bonds. The third-order valence-corrected chi connectivity index (χ3v) is 6.38. The molecule has 2 heterocycles. The van der Waals surface area contributed by atoms with Gasteiger partial charge in [0.15, 0.2) is 11.0 Å². The predicted octanol–water partition coefficient (Wildman–Crippen LogP) is 4.71. The number of nitrogens with one attached hydrogen (secondary N) is 2. The van der Waals surface area contributed by atoms with Gasteiger partial charge in [0.2, 0.25) is 5.91 Å². The van der Waals surface area contributed by atoms with Gasteiger partial charge in [-0.05, 0) is 37.5 Å². The SMILES string of the molecule is Cc1cc([N+](=O)[O-])ccc1NC(=O)CSc1nnc(-c2c[nH]c3ccccc23)n1C1CC1. The molecule has 1 saturated carbocycles. The van der Waals surface area contributed by atoms with Crippen LogP contribution >= 0.6 is 11.8 Å². The number of para-hydroxylation sites is 1. The van der Waals surface area contributed by atoms with Gasteiger partial charge >= 0.3 is 0 Å². The standard InChI is InChI=1S/C22H20N6O3S/c1-13-10-15(28(30)31)8-9-18(13)24-20(29)12-32-22-26-25-21(27(22)14-6-7-14)17-11-23-19-5-3-2-4-16(17)19/h2-5,8-11,14,23H,6-7,12H2,1H3,(H,24,29). The topological polar surface area (TPSA) is 119 Å². The van der Waals surface area contributed by atoms with Gasteiger partial charge in [-0.3, -0.25) is 19.5 Å². The highest BCUT2D eigenvalue weighted by Gasteiger charge is 2.31. The number of anilines is 1. The van der Waals surface area contributed by atoms with E-state index in [1.165, 1.54) is 23.9 Å². The lowest BCUT2D eigenvalue weighted by molar-refractivity contribution is -0.384. The van der Waals surface area contributed by atoms with E-state index in [9.17, 15) is 14.9 Å². The van der Waals surface area contributed by atoms with Crippen molar-refractivity contribution < 1.29 is 9.72 Å². The number of carbonyl (C=O) groups excluding carboxylic acids is 1. The zero-order chi connectivity index (χ0) is 22.2. The summed E-state index contributed by atoms with van der Waals surface area (Å²) >= 11 is 1.34. The molecule has 1 fully saturated rings. The van der Waals surface area contributed by atoms with Gasteiger partial charge in [-0.15, -0.1) is 10.2 Å². The van der Waals surface area contributed by atoms with Crippen LogP contribution in [0.2, 0.25) is 0 Å². The first-order chi connectivity index (χ1) is 15.5. The molecule has 2 aromatic carbocycles. The molecule has 2 aromatic heterocycles. The molecular formula is C22H20N6O3S. The van der Waals surface area contributed by atoms with Crippen molar-refractivity contribution in [2.45, 2.75) is 31.0 Å². The summed E-state index contributed by atoms with van der Waals surface area (Å²) in [4.78, 5) is 26.3. The van der Waals surface area contributed by atoms with Crippen LogP contribution in [0.3, 0.4) is 0 Å². The molecule has 0 radical (unpaired) electrons. The quantitative estimate of drug-likeness (QED) is 0.240. The average molecular weight is 449 g/mol. The number of rotatable bonds is 7. The summed E-state index contributed by atoms with van der Waals surface area (Å²) < 4.78 is 2.13. The largest absolute Gasteiger partial charge is 0.360 e. The van der Waals surface area contributed by atoms with Crippen LogP contribution < -0.4 is 5.32 Å². The van der Waals surface area contributed by atoms with E-state index in [0.717, 1.165) is 35.1 Å². The van der Waals surface area contributed by atoms with E-state index in [1.54, 1.807) is 13.0 Å². The number of non-ortho nitro benzene ring substituents is 1. The second-order valence-corrected chi connectivity index (χ2v) is 8.69. The minimum absolute atomic E-state index is 0.00257. The van der Waals surface area contributed by atoms with Crippen LogP contribution in [0.4, 0.5) is 11.4 Å². The number of nitro benzene ring substituents is 1. The molecule has 1 aliphatic rings. The maximum Gasteiger partial charge on any atom is 0.269 e. The molecule has 0 bridgehead atoms. The Labute approximate surface area is 187 Å². The number of amides is 1. The molecule has 162 valence electrons. The molecule has 0 atom stereocenters. The predicted molar refractivity (Wildman–Crippen MR) is 123 cm³/mol. The lowest BCUT2D eigenvalue weighted by Gasteiger charge is -2.10. The van der Waals surface area contributed by atoms with Crippen LogP contribution in [0.15, 0.2) is 53.8 Å². The zero-order valence-corrected chi connectivity index (χ0v) is 18.1. The number of carbonyl (C=O) groups is 1. The molecule has 4 aromatic rings. The highest BCUT2D eigenvalue weighted by molar-refractivity contribution is 7.99. The fraction of sp³-hybridized carbons (Fsp3) is 0.227. The van der Waals surface area contributed by atoms with E-state index in [1.807, 2.05) is 24.4 Å². The van der Waals surface area contributed by atoms with Crippen molar-refractivity contribution in [3.8, 4) is 11.4 Å². The number of benzene rings is 2. The summed E-state index contributed by atoms with van der Waals surface area (Å²) in [5.74, 6) is 0.764. The van der Waals surface area contributed by atoms with Crippen molar-refractivity contribution in [2.75, 3.05) is 11.1 Å². The van der Waals surface area contributed by atoms with Crippen LogP contribution in [0.5, 0.6) is 0 Å². The Kier molecular flexibility index (Phi) is 5.14. The lowest BCUT2D eigenvalue weighted by Crippen LogP contribution is -2.15. The van der Waals surface area contributed by atoms with Gasteiger partial charge in [-0.2, -0.15) is 0 Å². The van der Waals surface area contributed by atoms with Crippen molar-refractivity contribution in [3.63, 3.8) is 0 Å². The number of thioether (sulfide) groups is 1. The monoisotopic (exact) mass is 448 g/mol. The van der Waals surface area contributed by atoms with Crippen LogP contribution in [0.1, 0.15) is 24.4 Å². The summed E-state index contributed by atoms with van der Waals surface area (Å²) in [6, 6.07) is 12.8. The van der Waals surface area contributed by atoms with Crippen molar-refractivity contribution in [2.24, 2.45) is 0 Å². The number of aryl methyl sites for hydroxylation is 1. The molecule has 0 aliphatic heterocycles. The van der Waals surface area contributed by atoms with Crippen LogP contribution in [-0.2, 0) is 4.79 Å². The van der Waals surface area contributed by atoms with Gasteiger partial charge in [0.25, 0.3) is 5.69 Å².